The number of benzene rings is 1. The van der Waals surface area contributed by atoms with Crippen molar-refractivity contribution in [3.05, 3.63) is 35.9 Å². The molecule has 2 N–H and O–H groups in total. The predicted molar refractivity (Wildman–Crippen MR) is 86.2 cm³/mol. The standard InChI is InChI=1S/C18H25N.ClH/c1-2-16-8-14-9-17(11-16,13-18(19,10-14)12-16)15-6-4-3-5-7-15;/h3-7,14H,2,8-13,19H2,1H3;1H. The lowest BCUT2D eigenvalue weighted by atomic mass is 9.40. The van der Waals surface area contributed by atoms with Crippen LogP contribution in [0, 0.1) is 11.3 Å². The van der Waals surface area contributed by atoms with Gasteiger partial charge >= 0.3 is 0 Å². The highest BCUT2D eigenvalue weighted by Crippen LogP contribution is 2.67. The van der Waals surface area contributed by atoms with E-state index in [1.54, 1.807) is 5.56 Å². The first-order chi connectivity index (χ1) is 9.07. The van der Waals surface area contributed by atoms with Crippen LogP contribution in [0.5, 0.6) is 0 Å². The molecule has 4 atom stereocenters. The maximum Gasteiger partial charge on any atom is 0.0170 e. The highest BCUT2D eigenvalue weighted by molar-refractivity contribution is 5.85. The van der Waals surface area contributed by atoms with Crippen LogP contribution < -0.4 is 5.73 Å². The fourth-order valence-corrected chi connectivity index (χ4v) is 6.22. The summed E-state index contributed by atoms with van der Waals surface area (Å²) in [7, 11) is 0. The zero-order valence-corrected chi connectivity index (χ0v) is 13.2. The van der Waals surface area contributed by atoms with E-state index in [9.17, 15) is 0 Å². The van der Waals surface area contributed by atoms with Gasteiger partial charge in [-0.25, -0.2) is 0 Å². The molecule has 0 heterocycles. The van der Waals surface area contributed by atoms with Gasteiger partial charge in [0.15, 0.2) is 0 Å². The molecule has 110 valence electrons. The van der Waals surface area contributed by atoms with Crippen molar-refractivity contribution in [1.29, 1.82) is 0 Å². The molecule has 4 fully saturated rings. The molecule has 4 aliphatic rings. The highest BCUT2D eigenvalue weighted by atomic mass is 35.5. The summed E-state index contributed by atoms with van der Waals surface area (Å²) in [6.07, 6.45) is 9.31. The van der Waals surface area contributed by atoms with Crippen LogP contribution in [0.3, 0.4) is 0 Å². The molecule has 1 aromatic carbocycles. The third-order valence-electron chi connectivity index (χ3n) is 6.36. The Balaban J connectivity index is 0.00000121. The van der Waals surface area contributed by atoms with Crippen molar-refractivity contribution >= 4 is 12.4 Å². The average molecular weight is 292 g/mol. The summed E-state index contributed by atoms with van der Waals surface area (Å²) < 4.78 is 0. The van der Waals surface area contributed by atoms with Crippen LogP contribution in [0.1, 0.15) is 57.4 Å². The van der Waals surface area contributed by atoms with Crippen LogP contribution in [0.15, 0.2) is 30.3 Å². The Kier molecular flexibility index (Phi) is 3.23. The topological polar surface area (TPSA) is 26.0 Å². The van der Waals surface area contributed by atoms with E-state index in [0.717, 1.165) is 5.92 Å². The molecule has 0 amide bonds. The molecule has 0 aromatic heterocycles. The second kappa shape index (κ2) is 4.48. The molecule has 5 rings (SSSR count). The third kappa shape index (κ3) is 1.94. The van der Waals surface area contributed by atoms with Crippen molar-refractivity contribution in [2.45, 2.75) is 62.8 Å². The van der Waals surface area contributed by atoms with Gasteiger partial charge in [0.1, 0.15) is 0 Å². The van der Waals surface area contributed by atoms with E-state index < -0.39 is 0 Å². The molecule has 0 aliphatic heterocycles. The first-order valence-electron chi connectivity index (χ1n) is 7.92. The van der Waals surface area contributed by atoms with Gasteiger partial charge in [0.25, 0.3) is 0 Å². The van der Waals surface area contributed by atoms with Gasteiger partial charge in [0.2, 0.25) is 0 Å². The second-order valence-electron chi connectivity index (χ2n) is 7.87. The highest BCUT2D eigenvalue weighted by Gasteiger charge is 2.61. The van der Waals surface area contributed by atoms with E-state index in [1.807, 2.05) is 0 Å². The molecule has 4 aliphatic carbocycles. The third-order valence-corrected chi connectivity index (χ3v) is 6.36. The van der Waals surface area contributed by atoms with Crippen LogP contribution >= 0.6 is 12.4 Å². The lowest BCUT2D eigenvalue weighted by Crippen LogP contribution is -2.65. The Morgan fingerprint density at radius 1 is 1.05 bits per heavy atom. The zero-order chi connectivity index (χ0) is 13.1. The smallest absolute Gasteiger partial charge is 0.0170 e. The number of halogens is 1. The molecule has 0 radical (unpaired) electrons. The molecule has 4 unspecified atom stereocenters. The van der Waals surface area contributed by atoms with Crippen LogP contribution in [-0.4, -0.2) is 5.54 Å². The summed E-state index contributed by atoms with van der Waals surface area (Å²) >= 11 is 0. The lowest BCUT2D eigenvalue weighted by molar-refractivity contribution is -0.0870. The fourth-order valence-electron chi connectivity index (χ4n) is 6.22. The number of hydrogen-bond donors (Lipinski definition) is 1. The van der Waals surface area contributed by atoms with Gasteiger partial charge in [-0.3, -0.25) is 0 Å². The monoisotopic (exact) mass is 291 g/mol. The van der Waals surface area contributed by atoms with Crippen LogP contribution in [0.2, 0.25) is 0 Å². The van der Waals surface area contributed by atoms with E-state index in [2.05, 4.69) is 37.3 Å². The summed E-state index contributed by atoms with van der Waals surface area (Å²) in [4.78, 5) is 0. The van der Waals surface area contributed by atoms with Crippen molar-refractivity contribution in [2.24, 2.45) is 17.1 Å². The Morgan fingerprint density at radius 3 is 2.45 bits per heavy atom. The van der Waals surface area contributed by atoms with Gasteiger partial charge in [-0.15, -0.1) is 12.4 Å². The largest absolute Gasteiger partial charge is 0.325 e. The summed E-state index contributed by atoms with van der Waals surface area (Å²) in [5, 5.41) is 0. The van der Waals surface area contributed by atoms with Crippen molar-refractivity contribution in [2.75, 3.05) is 0 Å². The van der Waals surface area contributed by atoms with Crippen LogP contribution in [-0.2, 0) is 5.41 Å². The summed E-state index contributed by atoms with van der Waals surface area (Å²) in [5.41, 5.74) is 9.44. The van der Waals surface area contributed by atoms with E-state index in [-0.39, 0.29) is 17.9 Å². The zero-order valence-electron chi connectivity index (χ0n) is 12.4. The summed E-state index contributed by atoms with van der Waals surface area (Å²) in [6.45, 7) is 2.38. The molecule has 2 heteroatoms. The SMILES string of the molecule is CCC12CC3CC(N)(C1)CC(c1ccccc1)(C3)C2.Cl. The van der Waals surface area contributed by atoms with Gasteiger partial charge in [-0.2, -0.15) is 0 Å². The first-order valence-corrected chi connectivity index (χ1v) is 7.92. The molecule has 4 saturated carbocycles. The van der Waals surface area contributed by atoms with Crippen molar-refractivity contribution in [1.82, 2.24) is 0 Å². The van der Waals surface area contributed by atoms with Crippen molar-refractivity contribution < 1.29 is 0 Å². The number of nitrogens with two attached hydrogens (primary N) is 1. The fraction of sp³-hybridized carbons (Fsp3) is 0.667. The lowest BCUT2D eigenvalue weighted by Gasteiger charge is -2.66. The molecule has 0 spiro atoms. The second-order valence-corrected chi connectivity index (χ2v) is 7.87. The first kappa shape index (κ1) is 14.4. The van der Waals surface area contributed by atoms with Gasteiger partial charge in [0, 0.05) is 5.54 Å². The molecular weight excluding hydrogens is 266 g/mol. The Morgan fingerprint density at radius 2 is 1.80 bits per heavy atom. The Bertz CT molecular complexity index is 501. The van der Waals surface area contributed by atoms with Crippen LogP contribution in [0.25, 0.3) is 0 Å². The number of hydrogen-bond acceptors (Lipinski definition) is 1. The van der Waals surface area contributed by atoms with Gasteiger partial charge in [-0.1, -0.05) is 43.7 Å². The van der Waals surface area contributed by atoms with E-state index in [4.69, 9.17) is 5.73 Å². The molecule has 1 aromatic rings. The molecular formula is C18H26ClN. The number of rotatable bonds is 2. The van der Waals surface area contributed by atoms with Gasteiger partial charge in [-0.05, 0) is 60.8 Å². The summed E-state index contributed by atoms with van der Waals surface area (Å²) in [6, 6.07) is 11.2. The molecule has 20 heavy (non-hydrogen) atoms. The minimum absolute atomic E-state index is 0. The van der Waals surface area contributed by atoms with Crippen molar-refractivity contribution in [3.63, 3.8) is 0 Å². The minimum atomic E-state index is 0. The van der Waals surface area contributed by atoms with E-state index in [1.165, 1.54) is 44.9 Å². The van der Waals surface area contributed by atoms with Crippen molar-refractivity contribution in [3.8, 4) is 0 Å². The maximum atomic E-state index is 6.80. The normalized spacial score (nSPS) is 45.2. The average Bonchev–Trinajstić information content (AvgIpc) is 2.37. The van der Waals surface area contributed by atoms with E-state index in [0.29, 0.717) is 10.8 Å². The molecule has 0 saturated heterocycles. The minimum Gasteiger partial charge on any atom is -0.325 e. The predicted octanol–water partition coefficient (Wildman–Crippen LogP) is 4.44. The Hall–Kier alpha value is -0.530. The Labute approximate surface area is 128 Å². The molecule has 1 nitrogen and oxygen atoms in total. The van der Waals surface area contributed by atoms with Gasteiger partial charge in [0.05, 0.1) is 0 Å². The van der Waals surface area contributed by atoms with Gasteiger partial charge < -0.3 is 5.73 Å². The molecule has 4 bridgehead atoms. The van der Waals surface area contributed by atoms with E-state index >= 15 is 0 Å². The quantitative estimate of drug-likeness (QED) is 0.856. The summed E-state index contributed by atoms with van der Waals surface area (Å²) in [5.74, 6) is 0.876. The maximum absolute atomic E-state index is 6.80. The van der Waals surface area contributed by atoms with Crippen LogP contribution in [0.4, 0.5) is 0 Å².